The van der Waals surface area contributed by atoms with Crippen molar-refractivity contribution < 1.29 is 27.9 Å². The van der Waals surface area contributed by atoms with E-state index < -0.39 is 30.6 Å². The summed E-state index contributed by atoms with van der Waals surface area (Å²) in [5.74, 6) is -1.04. The van der Waals surface area contributed by atoms with Gasteiger partial charge in [-0.05, 0) is 19.1 Å². The average Bonchev–Trinajstić information content (AvgIpc) is 2.28. The first-order chi connectivity index (χ1) is 9.65. The molecule has 0 saturated carbocycles. The van der Waals surface area contributed by atoms with Gasteiger partial charge in [-0.3, -0.25) is 9.78 Å². The number of nitrogens with one attached hydrogen (secondary N) is 2. The number of carboxylic acids is 1. The summed E-state index contributed by atoms with van der Waals surface area (Å²) < 4.78 is 36.3. The van der Waals surface area contributed by atoms with Crippen LogP contribution in [0.5, 0.6) is 0 Å². The van der Waals surface area contributed by atoms with Crippen molar-refractivity contribution in [3.8, 4) is 0 Å². The SMILES string of the molecule is CC(CC(F)(F)F)NC(=O)Nc1ccc(CC(=O)O)nc1. The Bertz CT molecular complexity index is 503. The molecule has 0 aliphatic rings. The molecule has 1 rings (SSSR count). The second-order valence-corrected chi connectivity index (χ2v) is 4.43. The molecular weight excluding hydrogens is 291 g/mol. The van der Waals surface area contributed by atoms with Crippen molar-refractivity contribution in [2.75, 3.05) is 5.32 Å². The number of hydrogen-bond donors (Lipinski definition) is 3. The fourth-order valence-corrected chi connectivity index (χ4v) is 1.55. The molecule has 21 heavy (non-hydrogen) atoms. The van der Waals surface area contributed by atoms with Gasteiger partial charge in [0.25, 0.3) is 0 Å². The topological polar surface area (TPSA) is 91.3 Å². The Morgan fingerprint density at radius 1 is 1.38 bits per heavy atom. The van der Waals surface area contributed by atoms with E-state index in [1.165, 1.54) is 25.3 Å². The number of alkyl halides is 3. The van der Waals surface area contributed by atoms with E-state index in [1.54, 1.807) is 0 Å². The summed E-state index contributed by atoms with van der Waals surface area (Å²) in [5, 5.41) is 13.0. The number of hydrogen-bond acceptors (Lipinski definition) is 3. The van der Waals surface area contributed by atoms with Crippen molar-refractivity contribution in [1.82, 2.24) is 10.3 Å². The van der Waals surface area contributed by atoms with Crippen LogP contribution in [0.4, 0.5) is 23.7 Å². The summed E-state index contributed by atoms with van der Waals surface area (Å²) in [6.45, 7) is 1.24. The van der Waals surface area contributed by atoms with Crippen molar-refractivity contribution in [3.63, 3.8) is 0 Å². The number of carbonyl (C=O) groups is 2. The van der Waals surface area contributed by atoms with Gasteiger partial charge < -0.3 is 15.7 Å². The van der Waals surface area contributed by atoms with E-state index in [9.17, 15) is 22.8 Å². The molecule has 1 atom stereocenters. The second kappa shape index (κ2) is 6.91. The van der Waals surface area contributed by atoms with Crippen LogP contribution in [-0.4, -0.2) is 34.3 Å². The minimum Gasteiger partial charge on any atom is -0.481 e. The van der Waals surface area contributed by atoms with E-state index in [2.05, 4.69) is 15.6 Å². The Kier molecular flexibility index (Phi) is 5.51. The summed E-state index contributed by atoms with van der Waals surface area (Å²) in [7, 11) is 0. The lowest BCUT2D eigenvalue weighted by molar-refractivity contribution is -0.138. The average molecular weight is 305 g/mol. The Hall–Kier alpha value is -2.32. The first-order valence-electron chi connectivity index (χ1n) is 5.96. The van der Waals surface area contributed by atoms with Crippen LogP contribution in [0.15, 0.2) is 18.3 Å². The van der Waals surface area contributed by atoms with E-state index in [1.807, 2.05) is 0 Å². The van der Waals surface area contributed by atoms with E-state index >= 15 is 0 Å². The lowest BCUT2D eigenvalue weighted by Gasteiger charge is -2.16. The third-order valence-corrected chi connectivity index (χ3v) is 2.33. The first-order valence-corrected chi connectivity index (χ1v) is 5.96. The van der Waals surface area contributed by atoms with Crippen molar-refractivity contribution in [3.05, 3.63) is 24.0 Å². The molecule has 1 aromatic heterocycles. The van der Waals surface area contributed by atoms with Crippen LogP contribution >= 0.6 is 0 Å². The molecule has 0 bridgehead atoms. The predicted molar refractivity (Wildman–Crippen MR) is 67.9 cm³/mol. The van der Waals surface area contributed by atoms with Gasteiger partial charge in [0.2, 0.25) is 0 Å². The van der Waals surface area contributed by atoms with E-state index in [0.717, 1.165) is 0 Å². The summed E-state index contributed by atoms with van der Waals surface area (Å²) in [4.78, 5) is 25.7. The summed E-state index contributed by atoms with van der Waals surface area (Å²) >= 11 is 0. The van der Waals surface area contributed by atoms with Gasteiger partial charge in [-0.25, -0.2) is 4.79 Å². The highest BCUT2D eigenvalue weighted by molar-refractivity contribution is 5.89. The van der Waals surface area contributed by atoms with Crippen LogP contribution in [0, 0.1) is 0 Å². The maximum Gasteiger partial charge on any atom is 0.391 e. The number of rotatable bonds is 5. The molecule has 0 spiro atoms. The second-order valence-electron chi connectivity index (χ2n) is 4.43. The number of urea groups is 1. The Morgan fingerprint density at radius 3 is 2.52 bits per heavy atom. The molecule has 1 aromatic rings. The van der Waals surface area contributed by atoms with Gasteiger partial charge in [-0.2, -0.15) is 13.2 Å². The third kappa shape index (κ3) is 7.14. The number of aliphatic carboxylic acids is 1. The smallest absolute Gasteiger partial charge is 0.391 e. The van der Waals surface area contributed by atoms with Crippen LogP contribution in [-0.2, 0) is 11.2 Å². The van der Waals surface area contributed by atoms with Crippen LogP contribution in [0.2, 0.25) is 0 Å². The largest absolute Gasteiger partial charge is 0.481 e. The summed E-state index contributed by atoms with van der Waals surface area (Å²) in [6, 6.07) is 0.964. The maximum absolute atomic E-state index is 12.1. The molecule has 1 heterocycles. The fraction of sp³-hybridized carbons (Fsp3) is 0.417. The normalized spacial score (nSPS) is 12.6. The van der Waals surface area contributed by atoms with E-state index in [4.69, 9.17) is 5.11 Å². The van der Waals surface area contributed by atoms with Crippen LogP contribution < -0.4 is 10.6 Å². The van der Waals surface area contributed by atoms with Gasteiger partial charge in [-0.1, -0.05) is 0 Å². The highest BCUT2D eigenvalue weighted by atomic mass is 19.4. The van der Waals surface area contributed by atoms with Gasteiger partial charge in [0.05, 0.1) is 30.4 Å². The quantitative estimate of drug-likeness (QED) is 0.777. The van der Waals surface area contributed by atoms with Gasteiger partial charge in [-0.15, -0.1) is 0 Å². The summed E-state index contributed by atoms with van der Waals surface area (Å²) in [6.07, 6.45) is -4.51. The van der Waals surface area contributed by atoms with Crippen molar-refractivity contribution >= 4 is 17.7 Å². The molecular formula is C12H14F3N3O3. The Balaban J connectivity index is 2.49. The van der Waals surface area contributed by atoms with E-state index in [0.29, 0.717) is 5.69 Å². The van der Waals surface area contributed by atoms with Crippen molar-refractivity contribution in [2.24, 2.45) is 0 Å². The number of carboxylic acid groups (broad SMARTS) is 1. The monoisotopic (exact) mass is 305 g/mol. The van der Waals surface area contributed by atoms with Crippen LogP contribution in [0.25, 0.3) is 0 Å². The predicted octanol–water partition coefficient (Wildman–Crippen LogP) is 2.17. The fourth-order valence-electron chi connectivity index (χ4n) is 1.55. The van der Waals surface area contributed by atoms with Gasteiger partial charge >= 0.3 is 18.2 Å². The zero-order valence-corrected chi connectivity index (χ0v) is 11.1. The van der Waals surface area contributed by atoms with Crippen LogP contribution in [0.1, 0.15) is 19.0 Å². The van der Waals surface area contributed by atoms with Crippen molar-refractivity contribution in [1.29, 1.82) is 0 Å². The third-order valence-electron chi connectivity index (χ3n) is 2.33. The molecule has 6 nitrogen and oxygen atoms in total. The van der Waals surface area contributed by atoms with Gasteiger partial charge in [0.1, 0.15) is 0 Å². The molecule has 116 valence electrons. The standard InChI is InChI=1S/C12H14F3N3O3/c1-7(5-12(13,14)15)17-11(21)18-9-3-2-8(16-6-9)4-10(19)20/h2-3,6-7H,4-5H2,1H3,(H,19,20)(H2,17,18,21). The molecule has 3 N–H and O–H groups in total. The number of pyridine rings is 1. The van der Waals surface area contributed by atoms with E-state index in [-0.39, 0.29) is 12.1 Å². The molecule has 0 saturated heterocycles. The molecule has 9 heteroatoms. The highest BCUT2D eigenvalue weighted by Crippen LogP contribution is 2.21. The molecule has 0 radical (unpaired) electrons. The molecule has 1 unspecified atom stereocenters. The molecule has 0 aromatic carbocycles. The highest BCUT2D eigenvalue weighted by Gasteiger charge is 2.30. The number of anilines is 1. The first kappa shape index (κ1) is 16.7. The summed E-state index contributed by atoms with van der Waals surface area (Å²) in [5.41, 5.74) is 0.555. The minimum atomic E-state index is -4.35. The number of aromatic nitrogens is 1. The van der Waals surface area contributed by atoms with Gasteiger partial charge in [0.15, 0.2) is 0 Å². The number of nitrogens with zero attached hydrogens (tertiary/aromatic N) is 1. The lowest BCUT2D eigenvalue weighted by Crippen LogP contribution is -2.38. The maximum atomic E-state index is 12.1. The molecule has 2 amide bonds. The Morgan fingerprint density at radius 2 is 2.05 bits per heavy atom. The molecule has 0 aliphatic carbocycles. The van der Waals surface area contributed by atoms with Crippen LogP contribution in [0.3, 0.4) is 0 Å². The molecule has 0 fully saturated rings. The molecule has 0 aliphatic heterocycles. The number of carbonyl (C=O) groups excluding carboxylic acids is 1. The lowest BCUT2D eigenvalue weighted by atomic mass is 10.2. The minimum absolute atomic E-state index is 0.251. The Labute approximate surface area is 118 Å². The zero-order valence-electron chi connectivity index (χ0n) is 11.1. The zero-order chi connectivity index (χ0) is 16.0. The van der Waals surface area contributed by atoms with Gasteiger partial charge in [0, 0.05) is 6.04 Å². The number of amides is 2. The van der Waals surface area contributed by atoms with Crippen molar-refractivity contribution in [2.45, 2.75) is 32.0 Å². The number of halogens is 3.